The zero-order valence-corrected chi connectivity index (χ0v) is 18.5. The van der Waals surface area contributed by atoms with Crippen LogP contribution < -0.4 is 16.1 Å². The Morgan fingerprint density at radius 2 is 1.91 bits per heavy atom. The minimum absolute atomic E-state index is 0.257. The van der Waals surface area contributed by atoms with Crippen LogP contribution in [0.3, 0.4) is 0 Å². The molecule has 10 heteroatoms. The van der Waals surface area contributed by atoms with E-state index >= 15 is 0 Å². The Hall–Kier alpha value is -3.62. The lowest BCUT2D eigenvalue weighted by Gasteiger charge is -2.15. The van der Waals surface area contributed by atoms with Gasteiger partial charge < -0.3 is 10.6 Å². The van der Waals surface area contributed by atoms with Gasteiger partial charge in [0.1, 0.15) is 12.0 Å². The van der Waals surface area contributed by atoms with Crippen molar-refractivity contribution in [1.82, 2.24) is 25.2 Å². The number of halogens is 2. The minimum atomic E-state index is -0.398. The van der Waals surface area contributed by atoms with Crippen LogP contribution in [0.1, 0.15) is 18.5 Å². The summed E-state index contributed by atoms with van der Waals surface area (Å²) in [5, 5.41) is 11.4. The highest BCUT2D eigenvalue weighted by atomic mass is 35.5. The Morgan fingerprint density at radius 1 is 1.06 bits per heavy atom. The molecule has 8 nitrogen and oxygen atoms in total. The number of urea groups is 1. The van der Waals surface area contributed by atoms with Crippen LogP contribution in [0.25, 0.3) is 11.4 Å². The van der Waals surface area contributed by atoms with Crippen LogP contribution in [0.2, 0.25) is 10.0 Å². The summed E-state index contributed by atoms with van der Waals surface area (Å²) in [7, 11) is 0. The van der Waals surface area contributed by atoms with Crippen molar-refractivity contribution in [3.05, 3.63) is 88.9 Å². The third-order valence-electron chi connectivity index (χ3n) is 4.59. The predicted octanol–water partition coefficient (Wildman–Crippen LogP) is 5.40. The quantitative estimate of drug-likeness (QED) is 0.352. The molecule has 162 valence electrons. The van der Waals surface area contributed by atoms with Crippen LogP contribution in [0, 0.1) is 0 Å². The molecule has 0 radical (unpaired) electrons. The number of amides is 2. The maximum absolute atomic E-state index is 12.7. The number of carbonyl (C=O) groups excluding carboxylic acids is 1. The number of aromatic nitrogens is 4. The Morgan fingerprint density at radius 3 is 2.66 bits per heavy atom. The van der Waals surface area contributed by atoms with E-state index in [0.29, 0.717) is 32.8 Å². The first-order valence-electron chi connectivity index (χ1n) is 9.70. The van der Waals surface area contributed by atoms with E-state index in [1.54, 1.807) is 30.6 Å². The second-order valence-electron chi connectivity index (χ2n) is 6.90. The molecule has 2 aromatic carbocycles. The van der Waals surface area contributed by atoms with Gasteiger partial charge in [0.2, 0.25) is 0 Å². The van der Waals surface area contributed by atoms with Crippen molar-refractivity contribution in [3.8, 4) is 11.4 Å². The van der Waals surface area contributed by atoms with Crippen molar-refractivity contribution in [2.24, 2.45) is 0 Å². The zero-order chi connectivity index (χ0) is 22.5. The number of rotatable bonds is 6. The van der Waals surface area contributed by atoms with Crippen LogP contribution in [-0.4, -0.2) is 25.9 Å². The number of carbonyl (C=O) groups is 1. The molecule has 0 spiro atoms. The predicted molar refractivity (Wildman–Crippen MR) is 126 cm³/mol. The molecule has 0 aliphatic heterocycles. The van der Waals surface area contributed by atoms with Gasteiger partial charge in [-0.05, 0) is 42.8 Å². The average Bonchev–Trinajstić information content (AvgIpc) is 3.18. The summed E-state index contributed by atoms with van der Waals surface area (Å²) in [4.78, 5) is 22.4. The largest absolute Gasteiger partial charge is 0.331 e. The van der Waals surface area contributed by atoms with Crippen molar-refractivity contribution >= 4 is 40.6 Å². The lowest BCUT2D eigenvalue weighted by atomic mass is 10.1. The molecule has 4 aromatic rings. The minimum Gasteiger partial charge on any atom is -0.331 e. The SMILES string of the molecule is CC(NC(=O)Nc1cn(Nc2ccccc2Cl)nc1-c1ccncn1)c1cccc(Cl)c1. The van der Waals surface area contributed by atoms with E-state index in [1.807, 2.05) is 43.3 Å². The van der Waals surface area contributed by atoms with E-state index in [9.17, 15) is 4.79 Å². The standard InChI is InChI=1S/C22H19Cl2N7O/c1-14(15-5-4-6-16(23)11-15)27-22(32)28-20-12-31(29-18-8-3-2-7-17(18)24)30-21(20)19-9-10-25-13-26-19/h2-14,29H,1H3,(H2,27,28,32). The molecule has 0 bridgehead atoms. The number of hydrogen-bond acceptors (Lipinski definition) is 5. The third kappa shape index (κ3) is 5.16. The van der Waals surface area contributed by atoms with Crippen LogP contribution in [0.15, 0.2) is 73.3 Å². The molecule has 2 aromatic heterocycles. The van der Waals surface area contributed by atoms with Gasteiger partial charge in [-0.25, -0.2) is 14.8 Å². The van der Waals surface area contributed by atoms with Crippen LogP contribution in [0.4, 0.5) is 16.2 Å². The lowest BCUT2D eigenvalue weighted by Crippen LogP contribution is -2.31. The molecule has 4 rings (SSSR count). The van der Waals surface area contributed by atoms with Gasteiger partial charge in [-0.1, -0.05) is 47.5 Å². The molecule has 1 unspecified atom stereocenters. The Labute approximate surface area is 194 Å². The highest BCUT2D eigenvalue weighted by molar-refractivity contribution is 6.33. The van der Waals surface area contributed by atoms with Gasteiger partial charge in [0.05, 0.1) is 34.3 Å². The number of hydrogen-bond donors (Lipinski definition) is 3. The summed E-state index contributed by atoms with van der Waals surface area (Å²) in [5.74, 6) is 0. The fourth-order valence-electron chi connectivity index (χ4n) is 3.03. The molecule has 0 saturated carbocycles. The molecule has 0 aliphatic rings. The maximum Gasteiger partial charge on any atom is 0.319 e. The number of para-hydroxylation sites is 1. The van der Waals surface area contributed by atoms with Gasteiger partial charge >= 0.3 is 6.03 Å². The Kier molecular flexibility index (Phi) is 6.53. The van der Waals surface area contributed by atoms with Crippen LogP contribution >= 0.6 is 23.2 Å². The van der Waals surface area contributed by atoms with Crippen molar-refractivity contribution in [2.45, 2.75) is 13.0 Å². The van der Waals surface area contributed by atoms with Gasteiger partial charge in [-0.2, -0.15) is 4.79 Å². The third-order valence-corrected chi connectivity index (χ3v) is 5.16. The highest BCUT2D eigenvalue weighted by Gasteiger charge is 2.17. The first-order chi connectivity index (χ1) is 15.5. The summed E-state index contributed by atoms with van der Waals surface area (Å²) in [6, 6.07) is 15.7. The highest BCUT2D eigenvalue weighted by Crippen LogP contribution is 2.26. The molecular formula is C22H19Cl2N7O. The molecule has 0 aliphatic carbocycles. The van der Waals surface area contributed by atoms with Crippen molar-refractivity contribution in [1.29, 1.82) is 0 Å². The van der Waals surface area contributed by atoms with Gasteiger partial charge in [0.25, 0.3) is 0 Å². The maximum atomic E-state index is 12.7. The Bertz CT molecular complexity index is 1230. The first kappa shape index (κ1) is 21.6. The molecule has 0 fully saturated rings. The molecule has 1 atom stereocenters. The summed E-state index contributed by atoms with van der Waals surface area (Å²) in [6.07, 6.45) is 4.67. The van der Waals surface area contributed by atoms with Gasteiger partial charge in [0.15, 0.2) is 0 Å². The number of nitrogens with one attached hydrogen (secondary N) is 3. The van der Waals surface area contributed by atoms with Crippen molar-refractivity contribution < 1.29 is 4.79 Å². The smallest absolute Gasteiger partial charge is 0.319 e. The van der Waals surface area contributed by atoms with Gasteiger partial charge in [-0.3, -0.25) is 5.43 Å². The van der Waals surface area contributed by atoms with E-state index < -0.39 is 6.03 Å². The van der Waals surface area contributed by atoms with Gasteiger partial charge in [0, 0.05) is 11.2 Å². The average molecular weight is 468 g/mol. The monoisotopic (exact) mass is 467 g/mol. The van der Waals surface area contributed by atoms with Crippen LogP contribution in [0.5, 0.6) is 0 Å². The summed E-state index contributed by atoms with van der Waals surface area (Å²) < 4.78 is 0. The zero-order valence-electron chi connectivity index (χ0n) is 17.0. The molecule has 0 saturated heterocycles. The summed E-state index contributed by atoms with van der Waals surface area (Å²) >= 11 is 12.3. The fourth-order valence-corrected chi connectivity index (χ4v) is 3.41. The van der Waals surface area contributed by atoms with Crippen LogP contribution in [-0.2, 0) is 0 Å². The van der Waals surface area contributed by atoms with E-state index in [1.165, 1.54) is 11.1 Å². The lowest BCUT2D eigenvalue weighted by molar-refractivity contribution is 0.249. The first-order valence-corrected chi connectivity index (χ1v) is 10.5. The summed E-state index contributed by atoms with van der Waals surface area (Å²) in [6.45, 7) is 1.87. The molecule has 32 heavy (non-hydrogen) atoms. The molecule has 2 amide bonds. The number of nitrogens with zero attached hydrogens (tertiary/aromatic N) is 4. The topological polar surface area (TPSA) is 96.8 Å². The second kappa shape index (κ2) is 9.67. The van der Waals surface area contributed by atoms with Crippen molar-refractivity contribution in [2.75, 3.05) is 10.7 Å². The second-order valence-corrected chi connectivity index (χ2v) is 7.74. The fraction of sp³-hybridized carbons (Fsp3) is 0.0909. The number of benzene rings is 2. The normalized spacial score (nSPS) is 11.6. The molecule has 3 N–H and O–H groups in total. The van der Waals surface area contributed by atoms with E-state index in [4.69, 9.17) is 23.2 Å². The summed E-state index contributed by atoms with van der Waals surface area (Å²) in [5.41, 5.74) is 6.13. The molecular weight excluding hydrogens is 449 g/mol. The van der Waals surface area contributed by atoms with E-state index in [-0.39, 0.29) is 6.04 Å². The van der Waals surface area contributed by atoms with Crippen molar-refractivity contribution in [3.63, 3.8) is 0 Å². The Balaban J connectivity index is 1.57. The number of anilines is 2. The van der Waals surface area contributed by atoms with E-state index in [2.05, 4.69) is 31.1 Å². The molecule has 2 heterocycles. The van der Waals surface area contributed by atoms with E-state index in [0.717, 1.165) is 5.56 Å². The van der Waals surface area contributed by atoms with Gasteiger partial charge in [-0.15, -0.1) is 5.10 Å².